The van der Waals surface area contributed by atoms with Crippen molar-refractivity contribution in [1.29, 1.82) is 0 Å². The van der Waals surface area contributed by atoms with E-state index in [4.69, 9.17) is 5.11 Å². The van der Waals surface area contributed by atoms with Gasteiger partial charge < -0.3 is 10.0 Å². The van der Waals surface area contributed by atoms with Crippen LogP contribution in [0.25, 0.3) is 0 Å². The Hall–Kier alpha value is -1.10. The van der Waals surface area contributed by atoms with Crippen LogP contribution in [0.5, 0.6) is 0 Å². The molecule has 3 unspecified atom stereocenters. The van der Waals surface area contributed by atoms with Crippen LogP contribution in [-0.4, -0.2) is 58.5 Å². The van der Waals surface area contributed by atoms with Crippen LogP contribution in [0.15, 0.2) is 0 Å². The smallest absolute Gasteiger partial charge is 0.308 e. The maximum atomic E-state index is 12.0. The summed E-state index contributed by atoms with van der Waals surface area (Å²) < 4.78 is 0. The minimum atomic E-state index is -0.829. The van der Waals surface area contributed by atoms with E-state index in [-0.39, 0.29) is 18.4 Å². The molecule has 3 saturated heterocycles. The molecule has 0 radical (unpaired) electrons. The minimum absolute atomic E-state index is 0.0415. The van der Waals surface area contributed by atoms with Crippen LogP contribution in [0, 0.1) is 5.92 Å². The zero-order valence-electron chi connectivity index (χ0n) is 10.5. The third-order valence-corrected chi connectivity index (χ3v) is 4.73. The quantitative estimate of drug-likeness (QED) is 0.779. The van der Waals surface area contributed by atoms with Gasteiger partial charge in [-0.15, -0.1) is 0 Å². The van der Waals surface area contributed by atoms with Crippen molar-refractivity contribution in [3.05, 3.63) is 0 Å². The molecular formula is C13H20N2O3. The van der Waals surface area contributed by atoms with Gasteiger partial charge in [0.15, 0.2) is 0 Å². The van der Waals surface area contributed by atoms with Crippen molar-refractivity contribution in [1.82, 2.24) is 9.80 Å². The number of hydrogen-bond donors (Lipinski definition) is 1. The summed E-state index contributed by atoms with van der Waals surface area (Å²) in [7, 11) is 0. The predicted octanol–water partition coefficient (Wildman–Crippen LogP) is 0.546. The Labute approximate surface area is 107 Å². The molecule has 5 nitrogen and oxygen atoms in total. The fraction of sp³-hybridized carbons (Fsp3) is 0.846. The summed E-state index contributed by atoms with van der Waals surface area (Å²) in [5.74, 6) is -1.28. The van der Waals surface area contributed by atoms with Gasteiger partial charge in [0.1, 0.15) is 0 Å². The lowest BCUT2D eigenvalue weighted by atomic mass is 9.98. The highest BCUT2D eigenvalue weighted by molar-refractivity contribution is 5.86. The molecule has 0 aromatic carbocycles. The number of rotatable bonds is 2. The van der Waals surface area contributed by atoms with E-state index in [0.717, 1.165) is 25.9 Å². The van der Waals surface area contributed by atoms with Gasteiger partial charge in [-0.25, -0.2) is 0 Å². The highest BCUT2D eigenvalue weighted by Gasteiger charge is 2.45. The van der Waals surface area contributed by atoms with Gasteiger partial charge in [0.25, 0.3) is 0 Å². The first-order valence-electron chi connectivity index (χ1n) is 6.93. The largest absolute Gasteiger partial charge is 0.481 e. The molecule has 0 bridgehead atoms. The zero-order chi connectivity index (χ0) is 12.7. The molecular weight excluding hydrogens is 232 g/mol. The van der Waals surface area contributed by atoms with Gasteiger partial charge in [0.05, 0.1) is 5.92 Å². The average molecular weight is 252 g/mol. The fourth-order valence-electron chi connectivity index (χ4n) is 3.80. The summed E-state index contributed by atoms with van der Waals surface area (Å²) >= 11 is 0. The summed E-state index contributed by atoms with van der Waals surface area (Å²) in [6.07, 6.45) is 4.87. The first-order valence-corrected chi connectivity index (χ1v) is 6.93. The van der Waals surface area contributed by atoms with Gasteiger partial charge in [-0.2, -0.15) is 0 Å². The molecule has 0 spiro atoms. The molecule has 0 saturated carbocycles. The lowest BCUT2D eigenvalue weighted by molar-refractivity contribution is -0.141. The molecule has 3 fully saturated rings. The molecule has 100 valence electrons. The number of hydrogen-bond acceptors (Lipinski definition) is 3. The van der Waals surface area contributed by atoms with Crippen LogP contribution in [0.3, 0.4) is 0 Å². The van der Waals surface area contributed by atoms with Crippen LogP contribution in [0.2, 0.25) is 0 Å². The van der Waals surface area contributed by atoms with E-state index in [1.54, 1.807) is 0 Å². The van der Waals surface area contributed by atoms with E-state index in [1.165, 1.54) is 12.8 Å². The molecule has 1 N–H and O–H groups in total. The second-order valence-electron chi connectivity index (χ2n) is 5.74. The molecule has 3 atom stereocenters. The fourth-order valence-corrected chi connectivity index (χ4v) is 3.80. The molecule has 0 aromatic heterocycles. The topological polar surface area (TPSA) is 60.9 Å². The van der Waals surface area contributed by atoms with Gasteiger partial charge in [-0.3, -0.25) is 14.5 Å². The normalized spacial score (nSPS) is 37.0. The first kappa shape index (κ1) is 12.0. The van der Waals surface area contributed by atoms with Crippen molar-refractivity contribution < 1.29 is 14.7 Å². The molecule has 0 aliphatic carbocycles. The standard InChI is InChI=1S/C13H20N2O3/c16-12-7-9(13(17)18)8-15(12)11-4-6-14-5-2-1-3-10(11)14/h9-11H,1-8H2,(H,17,18). The van der Waals surface area contributed by atoms with E-state index in [0.29, 0.717) is 12.6 Å². The number of piperidine rings is 1. The van der Waals surface area contributed by atoms with Crippen LogP contribution < -0.4 is 0 Å². The van der Waals surface area contributed by atoms with E-state index >= 15 is 0 Å². The Balaban J connectivity index is 1.71. The predicted molar refractivity (Wildman–Crippen MR) is 65.1 cm³/mol. The summed E-state index contributed by atoms with van der Waals surface area (Å²) in [6, 6.07) is 0.748. The summed E-state index contributed by atoms with van der Waals surface area (Å²) in [5, 5.41) is 9.03. The zero-order valence-corrected chi connectivity index (χ0v) is 10.5. The molecule has 0 aromatic rings. The highest BCUT2D eigenvalue weighted by Crippen LogP contribution is 2.33. The summed E-state index contributed by atoms with van der Waals surface area (Å²) in [6.45, 7) is 2.63. The maximum absolute atomic E-state index is 12.0. The Kier molecular flexibility index (Phi) is 3.01. The lowest BCUT2D eigenvalue weighted by Gasteiger charge is -2.36. The van der Waals surface area contributed by atoms with Crippen molar-refractivity contribution in [2.75, 3.05) is 19.6 Å². The van der Waals surface area contributed by atoms with Gasteiger partial charge in [-0.1, -0.05) is 6.42 Å². The van der Waals surface area contributed by atoms with Crippen molar-refractivity contribution in [3.63, 3.8) is 0 Å². The molecule has 18 heavy (non-hydrogen) atoms. The van der Waals surface area contributed by atoms with Crippen molar-refractivity contribution in [2.45, 2.75) is 44.2 Å². The highest BCUT2D eigenvalue weighted by atomic mass is 16.4. The minimum Gasteiger partial charge on any atom is -0.481 e. The number of carboxylic acids is 1. The second kappa shape index (κ2) is 4.53. The number of carbonyl (C=O) groups is 2. The van der Waals surface area contributed by atoms with Crippen molar-refractivity contribution in [3.8, 4) is 0 Å². The molecule has 3 heterocycles. The van der Waals surface area contributed by atoms with Gasteiger partial charge >= 0.3 is 5.97 Å². The Morgan fingerprint density at radius 1 is 1.17 bits per heavy atom. The lowest BCUT2D eigenvalue weighted by Crippen LogP contribution is -2.47. The third kappa shape index (κ3) is 1.90. The second-order valence-corrected chi connectivity index (χ2v) is 5.74. The third-order valence-electron chi connectivity index (χ3n) is 4.73. The van der Waals surface area contributed by atoms with Gasteiger partial charge in [-0.05, 0) is 25.8 Å². The number of aliphatic carboxylic acids is 1. The number of carbonyl (C=O) groups excluding carboxylic acids is 1. The van der Waals surface area contributed by atoms with Crippen LogP contribution in [0.1, 0.15) is 32.1 Å². The van der Waals surface area contributed by atoms with Gasteiger partial charge in [0.2, 0.25) is 5.91 Å². The van der Waals surface area contributed by atoms with Crippen LogP contribution in [0.4, 0.5) is 0 Å². The molecule has 5 heteroatoms. The van der Waals surface area contributed by atoms with Crippen molar-refractivity contribution >= 4 is 11.9 Å². The summed E-state index contributed by atoms with van der Waals surface area (Å²) in [5.41, 5.74) is 0. The van der Waals surface area contributed by atoms with E-state index in [2.05, 4.69) is 4.90 Å². The monoisotopic (exact) mass is 252 g/mol. The maximum Gasteiger partial charge on any atom is 0.308 e. The summed E-state index contributed by atoms with van der Waals surface area (Å²) in [4.78, 5) is 27.3. The Bertz CT molecular complexity index is 371. The van der Waals surface area contributed by atoms with E-state index in [9.17, 15) is 9.59 Å². The van der Waals surface area contributed by atoms with Crippen LogP contribution in [-0.2, 0) is 9.59 Å². The molecule has 3 aliphatic rings. The Morgan fingerprint density at radius 2 is 2.00 bits per heavy atom. The SMILES string of the molecule is O=C(O)C1CC(=O)N(C2CCN3CCCCC23)C1. The first-order chi connectivity index (χ1) is 8.66. The molecule has 3 aliphatic heterocycles. The number of amides is 1. The number of fused-ring (bicyclic) bond motifs is 1. The number of likely N-dealkylation sites (tertiary alicyclic amines) is 1. The van der Waals surface area contributed by atoms with E-state index in [1.807, 2.05) is 4.90 Å². The van der Waals surface area contributed by atoms with Gasteiger partial charge in [0, 0.05) is 31.6 Å². The number of nitrogens with zero attached hydrogens (tertiary/aromatic N) is 2. The molecule has 3 rings (SSSR count). The molecule has 1 amide bonds. The Morgan fingerprint density at radius 3 is 2.72 bits per heavy atom. The average Bonchev–Trinajstić information content (AvgIpc) is 2.92. The number of carboxylic acid groups (broad SMARTS) is 1. The van der Waals surface area contributed by atoms with Crippen molar-refractivity contribution in [2.24, 2.45) is 5.92 Å². The van der Waals surface area contributed by atoms with E-state index < -0.39 is 11.9 Å². The van der Waals surface area contributed by atoms with Crippen LogP contribution >= 0.6 is 0 Å².